The van der Waals surface area contributed by atoms with Crippen LogP contribution in [0.4, 0.5) is 0 Å². The minimum absolute atomic E-state index is 0.0607. The van der Waals surface area contributed by atoms with Crippen LogP contribution < -0.4 is 0 Å². The van der Waals surface area contributed by atoms with Gasteiger partial charge in [-0.3, -0.25) is 0 Å². The normalized spacial score (nSPS) is 17.5. The first kappa shape index (κ1) is 15.5. The summed E-state index contributed by atoms with van der Waals surface area (Å²) in [7, 11) is -4.50. The van der Waals surface area contributed by atoms with E-state index in [1.165, 1.54) is 12.2 Å². The van der Waals surface area contributed by atoms with Crippen molar-refractivity contribution in [2.45, 2.75) is 19.3 Å². The van der Waals surface area contributed by atoms with Crippen molar-refractivity contribution in [3.63, 3.8) is 0 Å². The van der Waals surface area contributed by atoms with E-state index in [1.54, 1.807) is 18.2 Å². The lowest BCUT2D eigenvalue weighted by atomic mass is 9.95. The summed E-state index contributed by atoms with van der Waals surface area (Å²) in [5, 5.41) is 18.9. The molecule has 2 rings (SSSR count). The molecule has 1 aromatic rings. The minimum atomic E-state index is -4.50. The molecule has 0 amide bonds. The van der Waals surface area contributed by atoms with Gasteiger partial charge in [0.05, 0.1) is 5.71 Å². The Hall–Kier alpha value is -1.88. The van der Waals surface area contributed by atoms with Crippen LogP contribution in [0.5, 0.6) is 5.75 Å². The molecule has 21 heavy (non-hydrogen) atoms. The Morgan fingerprint density at radius 1 is 1.19 bits per heavy atom. The standard InChI is InChI=1S/C14H16NO5P/c16-12-3-1-2-10(8-12)4-5-11-9-13(17)6-7-14(11)15-21(18,19)20/h1-3,6,8-9,16-17H,4-5,7H2,(H2,18,19,20). The molecule has 112 valence electrons. The lowest BCUT2D eigenvalue weighted by Gasteiger charge is -2.14. The van der Waals surface area contributed by atoms with Crippen molar-refractivity contribution in [2.24, 2.45) is 4.76 Å². The molecule has 1 aliphatic rings. The molecular weight excluding hydrogens is 293 g/mol. The smallest absolute Gasteiger partial charge is 0.448 e. The lowest BCUT2D eigenvalue weighted by molar-refractivity contribution is 0.375. The van der Waals surface area contributed by atoms with E-state index < -0.39 is 7.75 Å². The Kier molecular flexibility index (Phi) is 4.63. The maximum Gasteiger partial charge on any atom is 0.448 e. The van der Waals surface area contributed by atoms with Crippen molar-refractivity contribution >= 4 is 13.5 Å². The van der Waals surface area contributed by atoms with Crippen molar-refractivity contribution in [2.75, 3.05) is 0 Å². The Morgan fingerprint density at radius 2 is 1.95 bits per heavy atom. The van der Waals surface area contributed by atoms with Crippen molar-refractivity contribution in [1.29, 1.82) is 0 Å². The van der Waals surface area contributed by atoms with Crippen LogP contribution in [0.1, 0.15) is 18.4 Å². The number of allylic oxidation sites excluding steroid dienone is 3. The summed E-state index contributed by atoms with van der Waals surface area (Å²) >= 11 is 0. The molecule has 0 bridgehead atoms. The average Bonchev–Trinajstić information content (AvgIpc) is 2.38. The number of aromatic hydroxyl groups is 1. The third-order valence-electron chi connectivity index (χ3n) is 3.04. The zero-order chi connectivity index (χ0) is 15.5. The van der Waals surface area contributed by atoms with E-state index >= 15 is 0 Å². The zero-order valence-corrected chi connectivity index (χ0v) is 12.1. The Labute approximate surface area is 122 Å². The van der Waals surface area contributed by atoms with Crippen molar-refractivity contribution in [3.8, 4) is 5.75 Å². The minimum Gasteiger partial charge on any atom is -0.508 e. The number of phenols is 1. The van der Waals surface area contributed by atoms with Gasteiger partial charge in [-0.15, -0.1) is 0 Å². The summed E-state index contributed by atoms with van der Waals surface area (Å²) in [5.74, 6) is 0.225. The van der Waals surface area contributed by atoms with Crippen molar-refractivity contribution in [1.82, 2.24) is 0 Å². The second-order valence-electron chi connectivity index (χ2n) is 4.73. The van der Waals surface area contributed by atoms with Gasteiger partial charge in [0.2, 0.25) is 0 Å². The molecule has 0 spiro atoms. The highest BCUT2D eigenvalue weighted by Crippen LogP contribution is 2.38. The summed E-state index contributed by atoms with van der Waals surface area (Å²) < 4.78 is 14.4. The van der Waals surface area contributed by atoms with Gasteiger partial charge in [0, 0.05) is 6.42 Å². The highest BCUT2D eigenvalue weighted by molar-refractivity contribution is 7.50. The number of rotatable bonds is 4. The van der Waals surface area contributed by atoms with Crippen LogP contribution in [0.25, 0.3) is 0 Å². The molecule has 0 fully saturated rings. The molecule has 0 radical (unpaired) electrons. The molecule has 0 aromatic heterocycles. The molecule has 0 saturated carbocycles. The Morgan fingerprint density at radius 3 is 2.62 bits per heavy atom. The Balaban J connectivity index is 2.16. The fourth-order valence-corrected chi connectivity index (χ4v) is 2.65. The molecular formula is C14H16NO5P. The van der Waals surface area contributed by atoms with Crippen LogP contribution in [-0.4, -0.2) is 25.7 Å². The van der Waals surface area contributed by atoms with Gasteiger partial charge in [-0.25, -0.2) is 4.57 Å². The summed E-state index contributed by atoms with van der Waals surface area (Å²) in [6.45, 7) is 0. The van der Waals surface area contributed by atoms with E-state index in [9.17, 15) is 14.8 Å². The summed E-state index contributed by atoms with van der Waals surface area (Å²) in [5.41, 5.74) is 1.75. The second-order valence-corrected chi connectivity index (χ2v) is 5.96. The van der Waals surface area contributed by atoms with Gasteiger partial charge in [-0.05, 0) is 48.3 Å². The van der Waals surface area contributed by atoms with E-state index in [4.69, 9.17) is 9.79 Å². The van der Waals surface area contributed by atoms with Gasteiger partial charge in [0.25, 0.3) is 0 Å². The number of aryl methyl sites for hydroxylation is 1. The first-order chi connectivity index (χ1) is 9.83. The number of nitrogens with zero attached hydrogens (tertiary/aromatic N) is 1. The van der Waals surface area contributed by atoms with Crippen LogP contribution in [0, 0.1) is 0 Å². The predicted octanol–water partition coefficient (Wildman–Crippen LogP) is 2.63. The van der Waals surface area contributed by atoms with Gasteiger partial charge < -0.3 is 20.0 Å². The fraction of sp³-hybridized carbons (Fsp3) is 0.214. The maximum atomic E-state index is 11.0. The summed E-state index contributed by atoms with van der Waals surface area (Å²) in [4.78, 5) is 17.9. The number of aliphatic hydroxyl groups excluding tert-OH is 1. The predicted molar refractivity (Wildman–Crippen MR) is 79.3 cm³/mol. The molecule has 0 atom stereocenters. The number of aliphatic hydroxyl groups is 1. The molecule has 1 aliphatic carbocycles. The van der Waals surface area contributed by atoms with Crippen LogP contribution in [-0.2, 0) is 11.0 Å². The molecule has 1 aromatic carbocycles. The highest BCUT2D eigenvalue weighted by atomic mass is 31.2. The lowest BCUT2D eigenvalue weighted by Crippen LogP contribution is -2.08. The number of hydrogen-bond acceptors (Lipinski definition) is 3. The fourth-order valence-electron chi connectivity index (χ4n) is 2.12. The van der Waals surface area contributed by atoms with Crippen LogP contribution in [0.15, 0.2) is 52.5 Å². The SMILES string of the molecule is O=P(O)(O)N=C1CC=C(O)C=C1CCc1cccc(O)c1. The zero-order valence-electron chi connectivity index (χ0n) is 11.2. The molecule has 6 nitrogen and oxygen atoms in total. The quantitative estimate of drug-likeness (QED) is 0.639. The third-order valence-corrected chi connectivity index (χ3v) is 3.54. The molecule has 7 heteroatoms. The monoisotopic (exact) mass is 309 g/mol. The summed E-state index contributed by atoms with van der Waals surface area (Å²) in [6.07, 6.45) is 4.11. The maximum absolute atomic E-state index is 11.0. The van der Waals surface area contributed by atoms with E-state index in [2.05, 4.69) is 4.76 Å². The van der Waals surface area contributed by atoms with Crippen molar-refractivity contribution in [3.05, 3.63) is 53.3 Å². The van der Waals surface area contributed by atoms with Crippen molar-refractivity contribution < 1.29 is 24.6 Å². The third kappa shape index (κ3) is 4.86. The van der Waals surface area contributed by atoms with E-state index in [-0.39, 0.29) is 23.6 Å². The van der Waals surface area contributed by atoms with E-state index in [0.29, 0.717) is 18.4 Å². The summed E-state index contributed by atoms with van der Waals surface area (Å²) in [6, 6.07) is 6.76. The molecule has 0 unspecified atom stereocenters. The van der Waals surface area contributed by atoms with E-state index in [0.717, 1.165) is 5.56 Å². The molecule has 0 saturated heterocycles. The average molecular weight is 309 g/mol. The first-order valence-electron chi connectivity index (χ1n) is 6.36. The number of phenolic OH excluding ortho intramolecular Hbond substituents is 1. The Bertz CT molecular complexity index is 672. The largest absolute Gasteiger partial charge is 0.508 e. The van der Waals surface area contributed by atoms with Gasteiger partial charge in [-0.2, -0.15) is 4.76 Å². The second kappa shape index (κ2) is 6.26. The van der Waals surface area contributed by atoms with Gasteiger partial charge in [0.15, 0.2) is 0 Å². The first-order valence-corrected chi connectivity index (χ1v) is 7.92. The van der Waals surface area contributed by atoms with Gasteiger partial charge in [0.1, 0.15) is 11.5 Å². The topological polar surface area (TPSA) is 110 Å². The van der Waals surface area contributed by atoms with Gasteiger partial charge in [-0.1, -0.05) is 12.1 Å². The highest BCUT2D eigenvalue weighted by Gasteiger charge is 2.18. The van der Waals surface area contributed by atoms with Gasteiger partial charge >= 0.3 is 7.75 Å². The molecule has 0 heterocycles. The molecule has 4 N–H and O–H groups in total. The van der Waals surface area contributed by atoms with E-state index in [1.807, 2.05) is 6.07 Å². The van der Waals surface area contributed by atoms with Crippen LogP contribution in [0.2, 0.25) is 0 Å². The van der Waals surface area contributed by atoms with Crippen LogP contribution in [0.3, 0.4) is 0 Å². The van der Waals surface area contributed by atoms with Crippen LogP contribution >= 0.6 is 7.75 Å². The number of benzene rings is 1. The molecule has 0 aliphatic heterocycles. The number of hydrogen-bond donors (Lipinski definition) is 4.